The summed E-state index contributed by atoms with van der Waals surface area (Å²) >= 11 is 0. The first-order chi connectivity index (χ1) is 6.19. The predicted molar refractivity (Wildman–Crippen MR) is 51.9 cm³/mol. The van der Waals surface area contributed by atoms with Crippen LogP contribution < -0.4 is 16.0 Å². The fourth-order valence-corrected chi connectivity index (χ4v) is 0.884. The summed E-state index contributed by atoms with van der Waals surface area (Å²) in [4.78, 5) is 11.0. The van der Waals surface area contributed by atoms with Crippen LogP contribution in [-0.2, 0) is 0 Å². The lowest BCUT2D eigenvalue weighted by molar-refractivity contribution is 0.0953. The monoisotopic (exact) mass is 220 g/mol. The number of carbonyl (C=O) groups is 1. The van der Waals surface area contributed by atoms with E-state index >= 15 is 0 Å². The molecule has 0 unspecified atom stereocenters. The number of nitrogen functional groups attached to an aromatic ring is 1. The fraction of sp³-hybridized carbons (Fsp3) is 0.125. The van der Waals surface area contributed by atoms with Crippen LogP contribution in [0.25, 0.3) is 0 Å². The fourth-order valence-electron chi connectivity index (χ4n) is 0.884. The van der Waals surface area contributed by atoms with Gasteiger partial charge in [-0.25, -0.2) is 10.2 Å². The van der Waals surface area contributed by atoms with E-state index in [2.05, 4.69) is 4.74 Å². The van der Waals surface area contributed by atoms with Gasteiger partial charge in [0.25, 0.3) is 5.91 Å². The lowest BCUT2D eigenvalue weighted by Gasteiger charge is -2.03. The predicted octanol–water partition coefficient (Wildman–Crippen LogP) is 0.860. The first-order valence-electron chi connectivity index (χ1n) is 3.53. The molecule has 78 valence electrons. The molecule has 0 atom stereocenters. The number of nitrogens with one attached hydrogen (secondary N) is 1. The Hall–Kier alpha value is -1.33. The molecule has 0 fully saturated rings. The Morgan fingerprint density at radius 3 is 2.71 bits per heavy atom. The number of hydrazine groups is 1. The maximum absolute atomic E-state index is 12.8. The largest absolute Gasteiger partial charge is 0.494 e. The Labute approximate surface area is 86.6 Å². The maximum Gasteiger partial charge on any atom is 0.265 e. The molecular weight excluding hydrogens is 211 g/mol. The molecule has 1 aromatic rings. The molecule has 1 rings (SSSR count). The second kappa shape index (κ2) is 5.41. The molecule has 1 amide bonds. The number of carbonyl (C=O) groups excluding carboxylic acids is 1. The van der Waals surface area contributed by atoms with Crippen molar-refractivity contribution in [2.75, 3.05) is 7.11 Å². The van der Waals surface area contributed by atoms with Crippen LogP contribution in [0.3, 0.4) is 0 Å². The Morgan fingerprint density at radius 1 is 1.57 bits per heavy atom. The molecule has 0 aliphatic carbocycles. The van der Waals surface area contributed by atoms with E-state index in [1.807, 2.05) is 5.43 Å². The lowest BCUT2D eigenvalue weighted by Crippen LogP contribution is -2.29. The molecule has 0 aliphatic heterocycles. The van der Waals surface area contributed by atoms with Gasteiger partial charge in [0, 0.05) is 5.56 Å². The first kappa shape index (κ1) is 12.7. The van der Waals surface area contributed by atoms with Crippen molar-refractivity contribution in [3.8, 4) is 5.75 Å². The van der Waals surface area contributed by atoms with Gasteiger partial charge in [-0.3, -0.25) is 10.2 Å². The van der Waals surface area contributed by atoms with Gasteiger partial charge in [-0.15, -0.1) is 12.4 Å². The van der Waals surface area contributed by atoms with Gasteiger partial charge in [0.05, 0.1) is 7.11 Å². The van der Waals surface area contributed by atoms with Gasteiger partial charge in [-0.05, 0) is 18.2 Å². The third kappa shape index (κ3) is 2.58. The van der Waals surface area contributed by atoms with E-state index < -0.39 is 11.7 Å². The first-order valence-corrected chi connectivity index (χ1v) is 3.53. The molecule has 0 heterocycles. The molecular formula is C8H10ClFN2O2. The van der Waals surface area contributed by atoms with Crippen LogP contribution in [0.15, 0.2) is 18.2 Å². The zero-order chi connectivity index (χ0) is 9.84. The summed E-state index contributed by atoms with van der Waals surface area (Å²) in [7, 11) is 1.32. The molecule has 14 heavy (non-hydrogen) atoms. The zero-order valence-corrected chi connectivity index (χ0v) is 8.23. The highest BCUT2D eigenvalue weighted by Gasteiger charge is 2.08. The van der Waals surface area contributed by atoms with Crippen LogP contribution in [0.4, 0.5) is 4.39 Å². The molecule has 0 saturated carbocycles. The summed E-state index contributed by atoms with van der Waals surface area (Å²) in [5.41, 5.74) is 2.19. The van der Waals surface area contributed by atoms with Crippen molar-refractivity contribution in [2.45, 2.75) is 0 Å². The highest BCUT2D eigenvalue weighted by atomic mass is 35.5. The second-order valence-corrected chi connectivity index (χ2v) is 2.32. The number of nitrogens with two attached hydrogens (primary N) is 1. The molecule has 0 radical (unpaired) electrons. The molecule has 3 N–H and O–H groups in total. The molecule has 0 aromatic heterocycles. The van der Waals surface area contributed by atoms with Crippen LogP contribution in [-0.4, -0.2) is 13.0 Å². The van der Waals surface area contributed by atoms with Gasteiger partial charge >= 0.3 is 0 Å². The summed E-state index contributed by atoms with van der Waals surface area (Å²) in [5.74, 6) is 3.91. The van der Waals surface area contributed by atoms with Crippen LogP contribution in [0, 0.1) is 5.82 Å². The third-order valence-corrected chi connectivity index (χ3v) is 1.54. The smallest absolute Gasteiger partial charge is 0.265 e. The van der Waals surface area contributed by atoms with Gasteiger partial charge in [0.1, 0.15) is 0 Å². The van der Waals surface area contributed by atoms with Gasteiger partial charge < -0.3 is 4.74 Å². The number of rotatable bonds is 2. The highest BCUT2D eigenvalue weighted by Crippen LogP contribution is 2.17. The summed E-state index contributed by atoms with van der Waals surface area (Å²) in [6, 6.07) is 3.74. The van der Waals surface area contributed by atoms with E-state index in [0.717, 1.165) is 6.07 Å². The van der Waals surface area contributed by atoms with Gasteiger partial charge in [0.15, 0.2) is 11.6 Å². The highest BCUT2D eigenvalue weighted by molar-refractivity contribution is 5.94. The molecule has 0 bridgehead atoms. The Kier molecular flexibility index (Phi) is 4.90. The van der Waals surface area contributed by atoms with E-state index in [-0.39, 0.29) is 23.7 Å². The number of hydrogen-bond donors (Lipinski definition) is 2. The minimum Gasteiger partial charge on any atom is -0.494 e. The van der Waals surface area contributed by atoms with Crippen LogP contribution in [0.2, 0.25) is 0 Å². The zero-order valence-electron chi connectivity index (χ0n) is 7.41. The number of halogens is 2. The Balaban J connectivity index is 0.00000169. The molecule has 0 aliphatic rings. The number of ether oxygens (including phenoxy) is 1. The van der Waals surface area contributed by atoms with E-state index in [1.165, 1.54) is 19.2 Å². The molecule has 0 spiro atoms. The maximum atomic E-state index is 12.8. The van der Waals surface area contributed by atoms with E-state index in [9.17, 15) is 9.18 Å². The third-order valence-electron chi connectivity index (χ3n) is 1.54. The second-order valence-electron chi connectivity index (χ2n) is 2.32. The summed E-state index contributed by atoms with van der Waals surface area (Å²) < 4.78 is 17.5. The summed E-state index contributed by atoms with van der Waals surface area (Å²) in [6.07, 6.45) is 0. The lowest BCUT2D eigenvalue weighted by atomic mass is 10.2. The van der Waals surface area contributed by atoms with Crippen molar-refractivity contribution in [3.63, 3.8) is 0 Å². The summed E-state index contributed by atoms with van der Waals surface area (Å²) in [6.45, 7) is 0. The number of amides is 1. The summed E-state index contributed by atoms with van der Waals surface area (Å²) in [5, 5.41) is 0. The van der Waals surface area contributed by atoms with Crippen LogP contribution >= 0.6 is 12.4 Å². The van der Waals surface area contributed by atoms with E-state index in [0.29, 0.717) is 0 Å². The quantitative estimate of drug-likeness (QED) is 0.441. The van der Waals surface area contributed by atoms with Crippen LogP contribution in [0.1, 0.15) is 10.4 Å². The van der Waals surface area contributed by atoms with Gasteiger partial charge in [0.2, 0.25) is 0 Å². The average Bonchev–Trinajstić information content (AvgIpc) is 2.17. The van der Waals surface area contributed by atoms with Crippen molar-refractivity contribution < 1.29 is 13.9 Å². The van der Waals surface area contributed by atoms with Crippen molar-refractivity contribution >= 4 is 18.3 Å². The molecule has 0 saturated heterocycles. The van der Waals surface area contributed by atoms with Gasteiger partial charge in [-0.2, -0.15) is 0 Å². The standard InChI is InChI=1S/C8H9FN2O2.ClH/c1-13-7-4-5(8(12)11-10)2-3-6(7)9;/h2-4H,10H2,1H3,(H,11,12);1H. The van der Waals surface area contributed by atoms with Crippen molar-refractivity contribution in [1.82, 2.24) is 5.43 Å². The van der Waals surface area contributed by atoms with E-state index in [4.69, 9.17) is 5.84 Å². The normalized spacial score (nSPS) is 8.79. The van der Waals surface area contributed by atoms with Crippen molar-refractivity contribution in [3.05, 3.63) is 29.6 Å². The minimum atomic E-state index is -0.518. The van der Waals surface area contributed by atoms with Crippen molar-refractivity contribution in [2.24, 2.45) is 5.84 Å². The minimum absolute atomic E-state index is 0. The molecule has 4 nitrogen and oxygen atoms in total. The molecule has 6 heteroatoms. The number of methoxy groups -OCH3 is 1. The average molecular weight is 221 g/mol. The topological polar surface area (TPSA) is 64.3 Å². The Bertz CT molecular complexity index is 333. The van der Waals surface area contributed by atoms with E-state index in [1.54, 1.807) is 0 Å². The molecule has 1 aromatic carbocycles. The van der Waals surface area contributed by atoms with Crippen molar-refractivity contribution in [1.29, 1.82) is 0 Å². The van der Waals surface area contributed by atoms with Gasteiger partial charge in [-0.1, -0.05) is 0 Å². The number of hydrogen-bond acceptors (Lipinski definition) is 3. The Morgan fingerprint density at radius 2 is 2.21 bits per heavy atom. The van der Waals surface area contributed by atoms with Crippen LogP contribution in [0.5, 0.6) is 5.75 Å². The SMILES string of the molecule is COc1cc(C(=O)NN)ccc1F.Cl. The number of benzene rings is 1.